The summed E-state index contributed by atoms with van der Waals surface area (Å²) in [5.74, 6) is 3.10. The van der Waals surface area contributed by atoms with Crippen LogP contribution in [0.2, 0.25) is 5.02 Å². The van der Waals surface area contributed by atoms with E-state index in [9.17, 15) is 5.26 Å². The first-order valence-corrected chi connectivity index (χ1v) is 14.3. The monoisotopic (exact) mass is 555 g/mol. The van der Waals surface area contributed by atoms with Crippen LogP contribution in [0.25, 0.3) is 11.0 Å². The van der Waals surface area contributed by atoms with Gasteiger partial charge in [-0.25, -0.2) is 9.97 Å². The molecule has 4 aromatic rings. The van der Waals surface area contributed by atoms with Gasteiger partial charge in [0.2, 0.25) is 0 Å². The lowest BCUT2D eigenvalue weighted by Gasteiger charge is -2.35. The summed E-state index contributed by atoms with van der Waals surface area (Å²) in [7, 11) is 0. The van der Waals surface area contributed by atoms with E-state index in [0.29, 0.717) is 23.2 Å². The molecule has 2 atom stereocenters. The zero-order chi connectivity index (χ0) is 27.1. The minimum atomic E-state index is -0.147. The van der Waals surface area contributed by atoms with Crippen LogP contribution in [-0.4, -0.2) is 51.8 Å². The molecule has 204 valence electrons. The molecule has 0 saturated carbocycles. The van der Waals surface area contributed by atoms with Crippen LogP contribution >= 0.6 is 11.6 Å². The Morgan fingerprint density at radius 2 is 1.90 bits per heavy atom. The Kier molecular flexibility index (Phi) is 6.80. The van der Waals surface area contributed by atoms with Gasteiger partial charge in [0.05, 0.1) is 36.4 Å². The lowest BCUT2D eigenvalue weighted by molar-refractivity contribution is -0.0592. The predicted octanol–water partition coefficient (Wildman–Crippen LogP) is 5.64. The van der Waals surface area contributed by atoms with E-state index in [1.807, 2.05) is 30.3 Å². The lowest BCUT2D eigenvalue weighted by atomic mass is 9.88. The van der Waals surface area contributed by atoms with Crippen molar-refractivity contribution in [2.24, 2.45) is 0 Å². The van der Waals surface area contributed by atoms with Gasteiger partial charge in [-0.2, -0.15) is 5.26 Å². The Morgan fingerprint density at radius 3 is 2.65 bits per heavy atom. The number of pyridine rings is 1. The summed E-state index contributed by atoms with van der Waals surface area (Å²) in [6.07, 6.45) is 4.96. The van der Waals surface area contributed by atoms with Gasteiger partial charge in [0.1, 0.15) is 24.2 Å². The van der Waals surface area contributed by atoms with Gasteiger partial charge in [0, 0.05) is 23.3 Å². The SMILES string of the molecule is N#Cc1cc2nc(CN3CCC(c4cccc5c4OCC(c4ccc(Cl)cc4)O5)CC3)n(CC3CCO3)c2cn1. The maximum Gasteiger partial charge on any atom is 0.164 e. The lowest BCUT2D eigenvalue weighted by Crippen LogP contribution is -2.35. The third-order valence-electron chi connectivity index (χ3n) is 8.30. The number of hydrogen-bond donors (Lipinski definition) is 0. The van der Waals surface area contributed by atoms with Gasteiger partial charge < -0.3 is 18.8 Å². The van der Waals surface area contributed by atoms with Crippen LogP contribution in [0, 0.1) is 11.3 Å². The number of rotatable bonds is 6. The number of nitriles is 1. The number of nitrogens with zero attached hydrogens (tertiary/aromatic N) is 5. The fraction of sp³-hybridized carbons (Fsp3) is 0.387. The number of aromatic nitrogens is 3. The largest absolute Gasteiger partial charge is 0.485 e. The summed E-state index contributed by atoms with van der Waals surface area (Å²) in [5, 5.41) is 10.0. The summed E-state index contributed by atoms with van der Waals surface area (Å²) >= 11 is 6.06. The molecule has 9 heteroatoms. The van der Waals surface area contributed by atoms with Gasteiger partial charge in [-0.1, -0.05) is 35.9 Å². The highest BCUT2D eigenvalue weighted by molar-refractivity contribution is 6.30. The molecule has 0 spiro atoms. The molecule has 2 aromatic carbocycles. The molecular weight excluding hydrogens is 526 g/mol. The zero-order valence-corrected chi connectivity index (χ0v) is 22.9. The summed E-state index contributed by atoms with van der Waals surface area (Å²) < 4.78 is 20.6. The van der Waals surface area contributed by atoms with Crippen LogP contribution in [-0.2, 0) is 17.8 Å². The number of para-hydroxylation sites is 1. The normalized spacial score (nSPS) is 21.2. The van der Waals surface area contributed by atoms with Gasteiger partial charge >= 0.3 is 0 Å². The van der Waals surface area contributed by atoms with Crippen molar-refractivity contribution in [2.75, 3.05) is 26.3 Å². The quantitative estimate of drug-likeness (QED) is 0.304. The van der Waals surface area contributed by atoms with E-state index in [2.05, 4.69) is 32.7 Å². The van der Waals surface area contributed by atoms with Crippen molar-refractivity contribution in [1.82, 2.24) is 19.4 Å². The molecule has 8 nitrogen and oxygen atoms in total. The highest BCUT2D eigenvalue weighted by Gasteiger charge is 2.30. The number of likely N-dealkylation sites (tertiary alicyclic amines) is 1. The minimum absolute atomic E-state index is 0.147. The van der Waals surface area contributed by atoms with Crippen LogP contribution in [0.4, 0.5) is 0 Å². The maximum atomic E-state index is 9.30. The summed E-state index contributed by atoms with van der Waals surface area (Å²) in [5.41, 5.74) is 4.46. The molecule has 2 fully saturated rings. The molecule has 0 aliphatic carbocycles. The van der Waals surface area contributed by atoms with E-state index in [1.165, 1.54) is 5.56 Å². The third-order valence-corrected chi connectivity index (χ3v) is 8.55. The van der Waals surface area contributed by atoms with Crippen LogP contribution < -0.4 is 9.47 Å². The van der Waals surface area contributed by atoms with Gasteiger partial charge in [0.25, 0.3) is 0 Å². The Morgan fingerprint density at radius 1 is 1.07 bits per heavy atom. The van der Waals surface area contributed by atoms with Gasteiger partial charge in [-0.15, -0.1) is 0 Å². The Hall–Kier alpha value is -3.64. The van der Waals surface area contributed by atoms with Gasteiger partial charge in [-0.3, -0.25) is 4.90 Å². The second kappa shape index (κ2) is 10.7. The Labute approximate surface area is 238 Å². The van der Waals surface area contributed by atoms with Crippen molar-refractivity contribution in [3.8, 4) is 17.6 Å². The number of halogens is 1. The van der Waals surface area contributed by atoms with Gasteiger partial charge in [-0.05, 0) is 62.0 Å². The molecule has 7 rings (SSSR count). The molecule has 0 amide bonds. The predicted molar refractivity (Wildman–Crippen MR) is 151 cm³/mol. The number of fused-ring (bicyclic) bond motifs is 2. The minimum Gasteiger partial charge on any atom is -0.485 e. The second-order valence-electron chi connectivity index (χ2n) is 10.8. The van der Waals surface area contributed by atoms with Crippen molar-refractivity contribution in [3.63, 3.8) is 0 Å². The first-order chi connectivity index (χ1) is 19.6. The van der Waals surface area contributed by atoms with E-state index in [0.717, 1.165) is 86.0 Å². The van der Waals surface area contributed by atoms with Crippen LogP contribution in [0.1, 0.15) is 53.9 Å². The average molecular weight is 556 g/mol. The number of benzene rings is 2. The van der Waals surface area contributed by atoms with E-state index >= 15 is 0 Å². The van der Waals surface area contributed by atoms with Crippen LogP contribution in [0.3, 0.4) is 0 Å². The molecule has 3 aliphatic rings. The molecule has 0 radical (unpaired) electrons. The molecule has 2 unspecified atom stereocenters. The first-order valence-electron chi connectivity index (χ1n) is 13.9. The first kappa shape index (κ1) is 25.3. The fourth-order valence-electron chi connectivity index (χ4n) is 5.98. The van der Waals surface area contributed by atoms with Crippen molar-refractivity contribution in [1.29, 1.82) is 5.26 Å². The average Bonchev–Trinajstić information content (AvgIpc) is 3.30. The molecule has 2 aromatic heterocycles. The van der Waals surface area contributed by atoms with E-state index in [4.69, 9.17) is 30.8 Å². The molecule has 2 saturated heterocycles. The standard InChI is InChI=1S/C31H30ClN5O3/c32-22-6-4-21(5-7-22)29-19-39-31-25(2-1-3-28(31)40-29)20-8-11-36(12-9-20)18-30-35-26-14-23(15-33)34-16-27(26)37(30)17-24-10-13-38-24/h1-7,14,16,20,24,29H,8-13,17-19H2. The Balaban J connectivity index is 1.05. The van der Waals surface area contributed by atoms with Gasteiger partial charge in [0.15, 0.2) is 17.6 Å². The van der Waals surface area contributed by atoms with Crippen LogP contribution in [0.5, 0.6) is 11.5 Å². The fourth-order valence-corrected chi connectivity index (χ4v) is 6.11. The number of ether oxygens (including phenoxy) is 3. The molecule has 40 heavy (non-hydrogen) atoms. The number of piperidine rings is 1. The molecule has 3 aliphatic heterocycles. The molecule has 5 heterocycles. The molecule has 0 bridgehead atoms. The summed E-state index contributed by atoms with van der Waals surface area (Å²) in [6.45, 7) is 4.75. The second-order valence-corrected chi connectivity index (χ2v) is 11.2. The van der Waals surface area contributed by atoms with Crippen molar-refractivity contribution in [2.45, 2.75) is 50.5 Å². The highest BCUT2D eigenvalue weighted by Crippen LogP contribution is 2.44. The number of imidazole rings is 1. The van der Waals surface area contributed by atoms with E-state index < -0.39 is 0 Å². The number of hydrogen-bond acceptors (Lipinski definition) is 7. The van der Waals surface area contributed by atoms with E-state index in [1.54, 1.807) is 12.3 Å². The van der Waals surface area contributed by atoms with Crippen molar-refractivity contribution >= 4 is 22.6 Å². The van der Waals surface area contributed by atoms with Crippen molar-refractivity contribution < 1.29 is 14.2 Å². The third kappa shape index (κ3) is 4.90. The summed E-state index contributed by atoms with van der Waals surface area (Å²) in [6, 6.07) is 17.9. The maximum absolute atomic E-state index is 9.30. The molecular formula is C31H30ClN5O3. The topological polar surface area (TPSA) is 85.4 Å². The highest BCUT2D eigenvalue weighted by atomic mass is 35.5. The van der Waals surface area contributed by atoms with E-state index in [-0.39, 0.29) is 12.2 Å². The smallest absolute Gasteiger partial charge is 0.164 e. The summed E-state index contributed by atoms with van der Waals surface area (Å²) in [4.78, 5) is 11.7. The Bertz CT molecular complexity index is 1570. The van der Waals surface area contributed by atoms with Crippen LogP contribution in [0.15, 0.2) is 54.7 Å². The molecule has 0 N–H and O–H groups in total. The van der Waals surface area contributed by atoms with Crippen molar-refractivity contribution in [3.05, 3.63) is 82.4 Å². The zero-order valence-electron chi connectivity index (χ0n) is 22.1.